The molecule has 3 aromatic rings. The first-order chi connectivity index (χ1) is 18.1. The van der Waals surface area contributed by atoms with Crippen molar-refractivity contribution in [1.29, 1.82) is 0 Å². The number of nitrogens with zero attached hydrogens (tertiary/aromatic N) is 3. The number of hydrogen-bond donors (Lipinski definition) is 0. The van der Waals surface area contributed by atoms with Gasteiger partial charge in [0.05, 0.1) is 16.9 Å². The number of barbiturate groups is 1. The minimum absolute atomic E-state index is 0.0644. The number of rotatable bonds is 4. The molecule has 0 N–H and O–H groups in total. The number of carbonyl (C=O) groups is 3. The van der Waals surface area contributed by atoms with Crippen LogP contribution >= 0.6 is 0 Å². The summed E-state index contributed by atoms with van der Waals surface area (Å²) < 4.78 is 0. The van der Waals surface area contributed by atoms with E-state index in [1.54, 1.807) is 54.6 Å². The molecule has 0 radical (unpaired) electrons. The van der Waals surface area contributed by atoms with E-state index in [1.807, 2.05) is 25.1 Å². The maximum Gasteiger partial charge on any atom is 0.343 e. The number of allylic oxidation sites excluding steroid dienone is 1. The van der Waals surface area contributed by atoms with Crippen molar-refractivity contribution in [2.75, 3.05) is 21.2 Å². The monoisotopic (exact) mass is 505 g/mol. The van der Waals surface area contributed by atoms with Crippen molar-refractivity contribution < 1.29 is 14.4 Å². The first-order valence-corrected chi connectivity index (χ1v) is 12.8. The van der Waals surface area contributed by atoms with E-state index in [2.05, 4.69) is 44.7 Å². The van der Waals surface area contributed by atoms with Crippen molar-refractivity contribution in [2.45, 2.75) is 40.2 Å². The minimum atomic E-state index is -0.698. The summed E-state index contributed by atoms with van der Waals surface area (Å²) in [6.45, 7) is 11.4. The van der Waals surface area contributed by atoms with Gasteiger partial charge in [-0.25, -0.2) is 14.6 Å². The van der Waals surface area contributed by atoms with E-state index in [0.29, 0.717) is 11.4 Å². The van der Waals surface area contributed by atoms with Gasteiger partial charge in [0.15, 0.2) is 0 Å². The Morgan fingerprint density at radius 2 is 1.32 bits per heavy atom. The van der Waals surface area contributed by atoms with E-state index >= 15 is 0 Å². The predicted octanol–water partition coefficient (Wildman–Crippen LogP) is 6.60. The normalized spacial score (nSPS) is 17.0. The molecular formula is C32H31N3O3. The second-order valence-corrected chi connectivity index (χ2v) is 10.2. The molecule has 192 valence electrons. The number of fused-ring (bicyclic) bond motifs is 1. The molecule has 2 aliphatic rings. The summed E-state index contributed by atoms with van der Waals surface area (Å²) in [6, 6.07) is 20.9. The number of imide groups is 2. The Balaban J connectivity index is 1.67. The maximum atomic E-state index is 13.7. The standard InChI is InChI=1S/C32H31N3O3/c1-6-33-28-17-21(2)23(18-26(28)22(3)20-32(33,4)5)19-27-29(36)34(24-13-9-7-10-14-24)31(38)35(30(27)37)25-15-11-8-12-16-25/h7-20H,6H2,1-5H3. The third-order valence-electron chi connectivity index (χ3n) is 7.26. The minimum Gasteiger partial charge on any atom is -0.363 e. The molecule has 2 aliphatic heterocycles. The van der Waals surface area contributed by atoms with Crippen LogP contribution in [0.1, 0.15) is 44.4 Å². The number of amides is 4. The third-order valence-corrected chi connectivity index (χ3v) is 7.26. The molecule has 0 unspecified atom stereocenters. The third kappa shape index (κ3) is 4.12. The Hall–Kier alpha value is -4.45. The van der Waals surface area contributed by atoms with Crippen molar-refractivity contribution in [2.24, 2.45) is 0 Å². The molecule has 5 rings (SSSR count). The van der Waals surface area contributed by atoms with Crippen molar-refractivity contribution in [3.63, 3.8) is 0 Å². The van der Waals surface area contributed by atoms with E-state index in [9.17, 15) is 14.4 Å². The van der Waals surface area contributed by atoms with Crippen molar-refractivity contribution in [1.82, 2.24) is 0 Å². The van der Waals surface area contributed by atoms with Gasteiger partial charge in [0.2, 0.25) is 0 Å². The summed E-state index contributed by atoms with van der Waals surface area (Å²) in [4.78, 5) is 45.5. The number of likely N-dealkylation sites (N-methyl/N-ethyl adjacent to an activating group) is 1. The molecule has 0 aliphatic carbocycles. The van der Waals surface area contributed by atoms with Gasteiger partial charge in [-0.15, -0.1) is 0 Å². The number of anilines is 3. The van der Waals surface area contributed by atoms with Crippen LogP contribution in [0.2, 0.25) is 0 Å². The SMILES string of the molecule is CCN1c2cc(C)c(C=C3C(=O)N(c4ccccc4)C(=O)N(c4ccccc4)C3=O)cc2C(C)=CC1(C)C. The number of hydrogen-bond acceptors (Lipinski definition) is 4. The van der Waals surface area contributed by atoms with Crippen LogP contribution in [0.15, 0.2) is 84.4 Å². The summed E-state index contributed by atoms with van der Waals surface area (Å²) in [6.07, 6.45) is 3.87. The highest BCUT2D eigenvalue weighted by molar-refractivity contribution is 6.46. The lowest BCUT2D eigenvalue weighted by Crippen LogP contribution is -2.57. The summed E-state index contributed by atoms with van der Waals surface area (Å²) in [5.74, 6) is -1.28. The lowest BCUT2D eigenvalue weighted by molar-refractivity contribution is -0.121. The average Bonchev–Trinajstić information content (AvgIpc) is 2.88. The second kappa shape index (κ2) is 9.45. The van der Waals surface area contributed by atoms with Gasteiger partial charge in [-0.05, 0) is 93.8 Å². The van der Waals surface area contributed by atoms with E-state index in [-0.39, 0.29) is 11.1 Å². The van der Waals surface area contributed by atoms with E-state index < -0.39 is 17.8 Å². The Morgan fingerprint density at radius 1 is 0.789 bits per heavy atom. The van der Waals surface area contributed by atoms with Crippen LogP contribution in [0.4, 0.5) is 21.9 Å². The molecular weight excluding hydrogens is 474 g/mol. The van der Waals surface area contributed by atoms with Crippen LogP contribution in [-0.4, -0.2) is 29.9 Å². The van der Waals surface area contributed by atoms with Gasteiger partial charge in [0.1, 0.15) is 5.57 Å². The van der Waals surface area contributed by atoms with Gasteiger partial charge in [-0.2, -0.15) is 0 Å². The number of benzene rings is 3. The Morgan fingerprint density at radius 3 is 1.82 bits per heavy atom. The smallest absolute Gasteiger partial charge is 0.343 e. The average molecular weight is 506 g/mol. The summed E-state index contributed by atoms with van der Waals surface area (Å²) in [7, 11) is 0. The molecule has 6 nitrogen and oxygen atoms in total. The largest absolute Gasteiger partial charge is 0.363 e. The van der Waals surface area contributed by atoms with Crippen LogP contribution in [0, 0.1) is 6.92 Å². The Bertz CT molecular complexity index is 1440. The molecule has 38 heavy (non-hydrogen) atoms. The number of para-hydroxylation sites is 2. The zero-order valence-corrected chi connectivity index (χ0v) is 22.4. The fourth-order valence-corrected chi connectivity index (χ4v) is 5.47. The van der Waals surface area contributed by atoms with Crippen molar-refractivity contribution in [3.05, 3.63) is 101 Å². The molecule has 0 atom stereocenters. The highest BCUT2D eigenvalue weighted by Gasteiger charge is 2.43. The summed E-state index contributed by atoms with van der Waals surface area (Å²) in [5, 5.41) is 0. The zero-order chi connectivity index (χ0) is 27.2. The van der Waals surface area contributed by atoms with Crippen molar-refractivity contribution in [3.8, 4) is 0 Å². The van der Waals surface area contributed by atoms with Crippen molar-refractivity contribution >= 4 is 46.6 Å². The maximum absolute atomic E-state index is 13.7. The number of urea groups is 1. The predicted molar refractivity (Wildman–Crippen MR) is 153 cm³/mol. The summed E-state index contributed by atoms with van der Waals surface area (Å²) in [5.41, 5.74) is 5.66. The quantitative estimate of drug-likeness (QED) is 0.296. The van der Waals surface area contributed by atoms with Crippen LogP contribution in [0.25, 0.3) is 11.6 Å². The first kappa shape index (κ1) is 25.2. The zero-order valence-electron chi connectivity index (χ0n) is 22.4. The van der Waals surface area contributed by atoms with Gasteiger partial charge in [-0.3, -0.25) is 9.59 Å². The van der Waals surface area contributed by atoms with Gasteiger partial charge >= 0.3 is 6.03 Å². The van der Waals surface area contributed by atoms with E-state index in [1.165, 1.54) is 0 Å². The van der Waals surface area contributed by atoms with Crippen LogP contribution < -0.4 is 14.7 Å². The van der Waals surface area contributed by atoms with E-state index in [4.69, 9.17) is 0 Å². The van der Waals surface area contributed by atoms with Gasteiger partial charge in [0, 0.05) is 17.8 Å². The number of carbonyl (C=O) groups excluding carboxylic acids is 3. The molecule has 1 saturated heterocycles. The highest BCUT2D eigenvalue weighted by Crippen LogP contribution is 2.41. The Labute approximate surface area is 223 Å². The molecule has 4 amide bonds. The fraction of sp³-hybridized carbons (Fsp3) is 0.219. The van der Waals surface area contributed by atoms with E-state index in [0.717, 1.165) is 44.3 Å². The lowest BCUT2D eigenvalue weighted by atomic mass is 9.86. The van der Waals surface area contributed by atoms with Crippen LogP contribution in [0.3, 0.4) is 0 Å². The lowest BCUT2D eigenvalue weighted by Gasteiger charge is -2.43. The topological polar surface area (TPSA) is 60.9 Å². The number of aryl methyl sites for hydroxylation is 1. The second-order valence-electron chi connectivity index (χ2n) is 10.2. The molecule has 0 aromatic heterocycles. The molecule has 6 heteroatoms. The molecule has 0 spiro atoms. The van der Waals surface area contributed by atoms with Gasteiger partial charge in [0.25, 0.3) is 11.8 Å². The summed E-state index contributed by atoms with van der Waals surface area (Å²) >= 11 is 0. The molecule has 2 heterocycles. The molecule has 1 fully saturated rings. The first-order valence-electron chi connectivity index (χ1n) is 12.8. The highest BCUT2D eigenvalue weighted by atomic mass is 16.2. The fourth-order valence-electron chi connectivity index (χ4n) is 5.47. The molecule has 3 aromatic carbocycles. The molecule has 0 bridgehead atoms. The molecule has 0 saturated carbocycles. The van der Waals surface area contributed by atoms with Gasteiger partial charge < -0.3 is 4.90 Å². The van der Waals surface area contributed by atoms with Crippen LogP contribution in [-0.2, 0) is 9.59 Å². The van der Waals surface area contributed by atoms with Crippen LogP contribution in [0.5, 0.6) is 0 Å². The van der Waals surface area contributed by atoms with Gasteiger partial charge in [-0.1, -0.05) is 42.5 Å². The Kier molecular flexibility index (Phi) is 6.27.